The van der Waals surface area contributed by atoms with Crippen molar-refractivity contribution in [3.63, 3.8) is 0 Å². The van der Waals surface area contributed by atoms with Crippen molar-refractivity contribution in [2.75, 3.05) is 5.75 Å². The van der Waals surface area contributed by atoms with Crippen LogP contribution in [0, 0.1) is 17.8 Å². The van der Waals surface area contributed by atoms with Gasteiger partial charge in [0, 0.05) is 6.42 Å². The average Bonchev–Trinajstić information content (AvgIpc) is 2.48. The van der Waals surface area contributed by atoms with Gasteiger partial charge in [0.2, 0.25) is 0 Å². The van der Waals surface area contributed by atoms with Crippen LogP contribution in [0.25, 0.3) is 0 Å². The van der Waals surface area contributed by atoms with Crippen molar-refractivity contribution < 1.29 is 48.8 Å². The number of fused-ring (bicyclic) bond motifs is 2. The Hall–Kier alpha value is -1.04. The van der Waals surface area contributed by atoms with Crippen molar-refractivity contribution in [2.45, 2.75) is 69.3 Å². The van der Waals surface area contributed by atoms with Crippen molar-refractivity contribution >= 4 is 16.1 Å². The predicted molar refractivity (Wildman–Crippen MR) is 84.8 cm³/mol. The summed E-state index contributed by atoms with van der Waals surface area (Å²) < 4.78 is 113. The van der Waals surface area contributed by atoms with Gasteiger partial charge in [0.1, 0.15) is 5.75 Å². The van der Waals surface area contributed by atoms with Gasteiger partial charge in [-0.15, -0.1) is 0 Å². The van der Waals surface area contributed by atoms with Crippen LogP contribution in [0.5, 0.6) is 0 Å². The lowest BCUT2D eigenvalue weighted by molar-refractivity contribution is -0.361. The monoisotopic (exact) mass is 440 g/mol. The first-order chi connectivity index (χ1) is 12.6. The zero-order valence-electron chi connectivity index (χ0n) is 14.9. The van der Waals surface area contributed by atoms with Crippen LogP contribution in [0.3, 0.4) is 0 Å². The highest BCUT2D eigenvalue weighted by Crippen LogP contribution is 2.47. The molecular formula is C16H22F6O5S. The number of esters is 1. The van der Waals surface area contributed by atoms with Crippen LogP contribution >= 0.6 is 0 Å². The predicted octanol–water partition coefficient (Wildman–Crippen LogP) is 4.28. The summed E-state index contributed by atoms with van der Waals surface area (Å²) in [6.07, 6.45) is -7.45. The maximum atomic E-state index is 13.1. The molecule has 2 rings (SSSR count). The molecule has 28 heavy (non-hydrogen) atoms. The molecule has 2 saturated carbocycles. The number of rotatable bonds is 6. The summed E-state index contributed by atoms with van der Waals surface area (Å²) in [6, 6.07) is 0. The molecule has 2 atom stereocenters. The van der Waals surface area contributed by atoms with E-state index < -0.39 is 46.2 Å². The summed E-state index contributed by atoms with van der Waals surface area (Å²) in [5, 5.41) is 0. The lowest BCUT2D eigenvalue weighted by atomic mass is 9.67. The van der Waals surface area contributed by atoms with Crippen LogP contribution in [0.2, 0.25) is 0 Å². The number of carbonyl (C=O) groups excluding carboxylic acids is 1. The summed E-state index contributed by atoms with van der Waals surface area (Å²) in [7, 11) is -5.76. The number of carbonyl (C=O) groups is 1. The molecule has 2 aliphatic rings. The Morgan fingerprint density at radius 3 is 1.89 bits per heavy atom. The molecule has 2 aliphatic carbocycles. The van der Waals surface area contributed by atoms with Crippen LogP contribution in [-0.2, 0) is 19.6 Å². The Morgan fingerprint density at radius 1 is 0.964 bits per heavy atom. The van der Waals surface area contributed by atoms with Crippen molar-refractivity contribution in [1.29, 1.82) is 0 Å². The SMILES string of the molecule is O=C(CCC1CC2CCCC(C2)C1)OC(CS(=O)(=O)O)(C(F)(F)F)C(F)(F)F. The zero-order valence-corrected chi connectivity index (χ0v) is 15.7. The molecule has 5 nitrogen and oxygen atoms in total. The normalized spacial score (nSPS) is 26.8. The van der Waals surface area contributed by atoms with E-state index in [4.69, 9.17) is 4.55 Å². The second-order valence-electron chi connectivity index (χ2n) is 7.80. The highest BCUT2D eigenvalue weighted by atomic mass is 32.2. The number of halogens is 6. The van der Waals surface area contributed by atoms with Crippen LogP contribution in [-0.4, -0.2) is 42.6 Å². The van der Waals surface area contributed by atoms with E-state index in [2.05, 4.69) is 4.74 Å². The largest absolute Gasteiger partial charge is 0.438 e. The van der Waals surface area contributed by atoms with Gasteiger partial charge in [-0.05, 0) is 43.4 Å². The smallest absolute Gasteiger partial charge is 0.438 e. The van der Waals surface area contributed by atoms with E-state index in [1.165, 1.54) is 0 Å². The van der Waals surface area contributed by atoms with E-state index in [-0.39, 0.29) is 12.3 Å². The molecule has 0 amide bonds. The van der Waals surface area contributed by atoms with Crippen molar-refractivity contribution in [3.05, 3.63) is 0 Å². The summed E-state index contributed by atoms with van der Waals surface area (Å²) in [5.41, 5.74) is -5.31. The highest BCUT2D eigenvalue weighted by Gasteiger charge is 2.75. The molecule has 2 bridgehead atoms. The van der Waals surface area contributed by atoms with Crippen LogP contribution in [0.1, 0.15) is 51.4 Å². The Labute approximate surface area is 158 Å². The molecule has 0 radical (unpaired) electrons. The minimum absolute atomic E-state index is 0.00403. The van der Waals surface area contributed by atoms with E-state index in [9.17, 15) is 39.6 Å². The Balaban J connectivity index is 2.09. The fourth-order valence-corrected chi connectivity index (χ4v) is 5.30. The molecule has 2 fully saturated rings. The fraction of sp³-hybridized carbons (Fsp3) is 0.938. The third kappa shape index (κ3) is 5.52. The van der Waals surface area contributed by atoms with Crippen LogP contribution in [0.4, 0.5) is 26.3 Å². The number of hydrogen-bond donors (Lipinski definition) is 1. The minimum Gasteiger partial charge on any atom is -0.438 e. The maximum Gasteiger partial charge on any atom is 0.438 e. The lowest BCUT2D eigenvalue weighted by Gasteiger charge is -2.39. The van der Waals surface area contributed by atoms with Gasteiger partial charge in [0.05, 0.1) is 0 Å². The van der Waals surface area contributed by atoms with Crippen molar-refractivity contribution in [1.82, 2.24) is 0 Å². The molecule has 0 aromatic rings. The second kappa shape index (κ2) is 8.00. The van der Waals surface area contributed by atoms with Gasteiger partial charge < -0.3 is 4.74 Å². The van der Waals surface area contributed by atoms with Crippen molar-refractivity contribution in [3.8, 4) is 0 Å². The van der Waals surface area contributed by atoms with Gasteiger partial charge >= 0.3 is 23.9 Å². The Kier molecular flexibility index (Phi) is 6.64. The second-order valence-corrected chi connectivity index (χ2v) is 9.25. The lowest BCUT2D eigenvalue weighted by Crippen LogP contribution is -2.63. The third-order valence-corrected chi connectivity index (χ3v) is 6.34. The van der Waals surface area contributed by atoms with Gasteiger partial charge in [-0.1, -0.05) is 19.3 Å². The molecule has 2 unspecified atom stereocenters. The summed E-state index contributed by atoms with van der Waals surface area (Å²) in [6.45, 7) is 0. The highest BCUT2D eigenvalue weighted by molar-refractivity contribution is 7.85. The molecule has 0 aliphatic heterocycles. The summed E-state index contributed by atoms with van der Waals surface area (Å²) in [5.74, 6) is -3.72. The van der Waals surface area contributed by atoms with Crippen LogP contribution in [0.15, 0.2) is 0 Å². The van der Waals surface area contributed by atoms with Gasteiger partial charge in [0.15, 0.2) is 0 Å². The molecule has 1 N–H and O–H groups in total. The maximum absolute atomic E-state index is 13.1. The third-order valence-electron chi connectivity index (χ3n) is 5.57. The van der Waals surface area contributed by atoms with E-state index in [1.807, 2.05) is 0 Å². The first-order valence-electron chi connectivity index (χ1n) is 8.93. The number of alkyl halides is 6. The summed E-state index contributed by atoms with van der Waals surface area (Å²) in [4.78, 5) is 11.8. The molecule has 0 aromatic carbocycles. The molecule has 0 heterocycles. The molecular weight excluding hydrogens is 418 g/mol. The molecule has 0 aromatic heterocycles. The van der Waals surface area contributed by atoms with E-state index in [1.54, 1.807) is 0 Å². The summed E-state index contributed by atoms with van der Waals surface area (Å²) >= 11 is 0. The van der Waals surface area contributed by atoms with Crippen molar-refractivity contribution in [2.24, 2.45) is 17.8 Å². The Bertz CT molecular complexity index is 646. The average molecular weight is 440 g/mol. The molecule has 0 saturated heterocycles. The van der Waals surface area contributed by atoms with Gasteiger partial charge in [0.25, 0.3) is 10.1 Å². The quantitative estimate of drug-likeness (QED) is 0.379. The van der Waals surface area contributed by atoms with Crippen LogP contribution < -0.4 is 0 Å². The first kappa shape index (κ1) is 23.2. The van der Waals surface area contributed by atoms with E-state index in [0.717, 1.165) is 38.5 Å². The van der Waals surface area contributed by atoms with Gasteiger partial charge in [-0.25, -0.2) is 0 Å². The topological polar surface area (TPSA) is 80.7 Å². The molecule has 12 heteroatoms. The molecule has 0 spiro atoms. The standard InChI is InChI=1S/C16H22F6O5S/c17-15(18,19)14(16(20,21)22,9-28(24,25)26)27-13(23)5-4-12-7-10-2-1-3-11(6-10)8-12/h10-12H,1-9H2,(H,24,25,26). The first-order valence-corrected chi connectivity index (χ1v) is 10.5. The molecule has 164 valence electrons. The van der Waals surface area contributed by atoms with E-state index in [0.29, 0.717) is 11.8 Å². The van der Waals surface area contributed by atoms with Gasteiger partial charge in [-0.2, -0.15) is 34.8 Å². The number of hydrogen-bond acceptors (Lipinski definition) is 4. The minimum atomic E-state index is -6.28. The Morgan fingerprint density at radius 2 is 1.46 bits per heavy atom. The zero-order chi connectivity index (χ0) is 21.4. The van der Waals surface area contributed by atoms with E-state index >= 15 is 0 Å². The fourth-order valence-electron chi connectivity index (χ4n) is 4.40. The van der Waals surface area contributed by atoms with Gasteiger partial charge in [-0.3, -0.25) is 9.35 Å². The number of ether oxygens (including phenoxy) is 1.